The lowest BCUT2D eigenvalue weighted by atomic mass is 10.1. The van der Waals surface area contributed by atoms with Crippen LogP contribution < -0.4 is 10.6 Å². The first-order valence-electron chi connectivity index (χ1n) is 5.91. The molecule has 3 N–H and O–H groups in total. The van der Waals surface area contributed by atoms with Crippen LogP contribution >= 0.6 is 0 Å². The molecule has 0 aliphatic heterocycles. The molecule has 0 radical (unpaired) electrons. The molecule has 1 aliphatic carbocycles. The summed E-state index contributed by atoms with van der Waals surface area (Å²) in [5.41, 5.74) is 8.78. The van der Waals surface area contributed by atoms with Gasteiger partial charge in [-0.05, 0) is 42.5 Å². The molecule has 0 saturated carbocycles. The van der Waals surface area contributed by atoms with Crippen LogP contribution in [0, 0.1) is 0 Å². The van der Waals surface area contributed by atoms with Gasteiger partial charge in [0.15, 0.2) is 0 Å². The van der Waals surface area contributed by atoms with Gasteiger partial charge in [-0.25, -0.2) is 0 Å². The van der Waals surface area contributed by atoms with E-state index in [1.165, 1.54) is 22.4 Å². The minimum Gasteiger partial charge on any atom is -0.382 e. The van der Waals surface area contributed by atoms with E-state index in [4.69, 9.17) is 5.73 Å². The van der Waals surface area contributed by atoms with Gasteiger partial charge >= 0.3 is 0 Å². The van der Waals surface area contributed by atoms with Crippen molar-refractivity contribution in [2.75, 3.05) is 18.5 Å². The third-order valence-corrected chi connectivity index (χ3v) is 3.31. The van der Waals surface area contributed by atoms with Crippen LogP contribution in [-0.4, -0.2) is 30.7 Å². The second-order valence-corrected chi connectivity index (χ2v) is 4.46. The predicted molar refractivity (Wildman–Crippen MR) is 66.9 cm³/mol. The number of anilines is 1. The molecule has 1 aliphatic rings. The summed E-state index contributed by atoms with van der Waals surface area (Å²) in [6.45, 7) is -0.0475. The van der Waals surface area contributed by atoms with Crippen molar-refractivity contribution < 1.29 is 9.90 Å². The number of carbonyl (C=O) groups is 1. The highest BCUT2D eigenvalue weighted by Crippen LogP contribution is 2.26. The molecular weight excluding hydrogens is 216 g/mol. The highest BCUT2D eigenvalue weighted by molar-refractivity contribution is 5.96. The largest absolute Gasteiger partial charge is 0.382 e. The van der Waals surface area contributed by atoms with Crippen molar-refractivity contribution >= 4 is 11.6 Å². The van der Waals surface area contributed by atoms with Crippen LogP contribution in [0.1, 0.15) is 17.5 Å². The smallest absolute Gasteiger partial charge is 0.256 e. The molecule has 1 unspecified atom stereocenters. The zero-order chi connectivity index (χ0) is 12.4. The number of fused-ring (bicyclic) bond motifs is 1. The van der Waals surface area contributed by atoms with Crippen LogP contribution in [0.2, 0.25) is 0 Å². The van der Waals surface area contributed by atoms with E-state index in [1.54, 1.807) is 7.05 Å². The van der Waals surface area contributed by atoms with Gasteiger partial charge in [-0.15, -0.1) is 0 Å². The maximum Gasteiger partial charge on any atom is 0.256 e. The molecular formula is C13H18N2O2. The summed E-state index contributed by atoms with van der Waals surface area (Å²) in [4.78, 5) is 13.2. The number of hydrogen-bond donors (Lipinski definition) is 2. The molecule has 0 aromatic heterocycles. The molecule has 0 spiro atoms. The van der Waals surface area contributed by atoms with E-state index in [-0.39, 0.29) is 12.5 Å². The van der Waals surface area contributed by atoms with E-state index in [2.05, 4.69) is 6.07 Å². The van der Waals surface area contributed by atoms with Crippen LogP contribution in [0.3, 0.4) is 0 Å². The third-order valence-electron chi connectivity index (χ3n) is 3.31. The molecule has 1 amide bonds. The number of nitrogens with zero attached hydrogens (tertiary/aromatic N) is 1. The van der Waals surface area contributed by atoms with Crippen LogP contribution in [0.5, 0.6) is 0 Å². The number of likely N-dealkylation sites (N-methyl/N-ethyl adjacent to an activating group) is 1. The van der Waals surface area contributed by atoms with Crippen LogP contribution in [0.15, 0.2) is 18.2 Å². The average Bonchev–Trinajstić information content (AvgIpc) is 2.83. The fourth-order valence-electron chi connectivity index (χ4n) is 2.22. The molecule has 17 heavy (non-hydrogen) atoms. The first-order chi connectivity index (χ1) is 8.13. The molecule has 1 atom stereocenters. The minimum atomic E-state index is -1.12. The van der Waals surface area contributed by atoms with Gasteiger partial charge in [0.2, 0.25) is 0 Å². The molecule has 0 saturated heterocycles. The van der Waals surface area contributed by atoms with E-state index >= 15 is 0 Å². The highest BCUT2D eigenvalue weighted by Gasteiger charge is 2.20. The van der Waals surface area contributed by atoms with Gasteiger partial charge in [0.1, 0.15) is 6.10 Å². The summed E-state index contributed by atoms with van der Waals surface area (Å²) >= 11 is 0. The van der Waals surface area contributed by atoms with Gasteiger partial charge in [0, 0.05) is 19.3 Å². The number of benzene rings is 1. The lowest BCUT2D eigenvalue weighted by Crippen LogP contribution is -2.40. The van der Waals surface area contributed by atoms with Gasteiger partial charge in [0.05, 0.1) is 0 Å². The highest BCUT2D eigenvalue weighted by atomic mass is 16.3. The molecule has 0 bridgehead atoms. The molecule has 92 valence electrons. The van der Waals surface area contributed by atoms with Crippen molar-refractivity contribution in [3.05, 3.63) is 29.3 Å². The van der Waals surface area contributed by atoms with Gasteiger partial charge < -0.3 is 15.7 Å². The lowest BCUT2D eigenvalue weighted by Gasteiger charge is -2.20. The maximum absolute atomic E-state index is 11.8. The second-order valence-electron chi connectivity index (χ2n) is 4.46. The number of carbonyl (C=O) groups excluding carboxylic acids is 1. The van der Waals surface area contributed by atoms with Gasteiger partial charge in [-0.3, -0.25) is 4.79 Å². The SMILES string of the molecule is CN(C(=O)C(O)CN)c1ccc2c(c1)CCC2. The first kappa shape index (κ1) is 12.1. The standard InChI is InChI=1S/C13H18N2O2/c1-15(13(17)12(16)8-14)11-6-5-9-3-2-4-10(9)7-11/h5-7,12,16H,2-4,8,14H2,1H3. The van der Waals surface area contributed by atoms with Gasteiger partial charge in [-0.1, -0.05) is 6.07 Å². The summed E-state index contributed by atoms with van der Waals surface area (Å²) in [6, 6.07) is 6.02. The third kappa shape index (κ3) is 2.33. The van der Waals surface area contributed by atoms with E-state index in [0.29, 0.717) is 0 Å². The predicted octanol–water partition coefficient (Wildman–Crippen LogP) is 0.458. The summed E-state index contributed by atoms with van der Waals surface area (Å²) < 4.78 is 0. The number of amides is 1. The summed E-state index contributed by atoms with van der Waals surface area (Å²) in [5, 5.41) is 9.44. The van der Waals surface area contributed by atoms with Crippen molar-refractivity contribution in [1.82, 2.24) is 0 Å². The van der Waals surface area contributed by atoms with Crippen molar-refractivity contribution in [3.63, 3.8) is 0 Å². The number of rotatable bonds is 3. The zero-order valence-corrected chi connectivity index (χ0v) is 10.0. The Morgan fingerprint density at radius 2 is 2.18 bits per heavy atom. The Labute approximate surface area is 101 Å². The number of aryl methyl sites for hydroxylation is 2. The lowest BCUT2D eigenvalue weighted by molar-refractivity contribution is -0.125. The monoisotopic (exact) mass is 234 g/mol. The van der Waals surface area contributed by atoms with E-state index in [9.17, 15) is 9.90 Å². The molecule has 4 heteroatoms. The first-order valence-corrected chi connectivity index (χ1v) is 5.91. The fraction of sp³-hybridized carbons (Fsp3) is 0.462. The number of aliphatic hydroxyl groups is 1. The topological polar surface area (TPSA) is 66.6 Å². The van der Waals surface area contributed by atoms with Crippen molar-refractivity contribution in [2.45, 2.75) is 25.4 Å². The Bertz CT molecular complexity index is 431. The van der Waals surface area contributed by atoms with E-state index in [1.807, 2.05) is 12.1 Å². The zero-order valence-electron chi connectivity index (χ0n) is 10.0. The van der Waals surface area contributed by atoms with Crippen molar-refractivity contribution in [3.8, 4) is 0 Å². The minimum absolute atomic E-state index is 0.0475. The Morgan fingerprint density at radius 3 is 2.88 bits per heavy atom. The van der Waals surface area contributed by atoms with Crippen LogP contribution in [0.25, 0.3) is 0 Å². The molecule has 1 aromatic carbocycles. The summed E-state index contributed by atoms with van der Waals surface area (Å²) in [6.07, 6.45) is 2.26. The molecule has 0 heterocycles. The second kappa shape index (κ2) is 4.85. The number of aliphatic hydroxyl groups excluding tert-OH is 1. The van der Waals surface area contributed by atoms with Gasteiger partial charge in [0.25, 0.3) is 5.91 Å². The summed E-state index contributed by atoms with van der Waals surface area (Å²) in [7, 11) is 1.66. The fourth-order valence-corrected chi connectivity index (χ4v) is 2.22. The van der Waals surface area contributed by atoms with Crippen LogP contribution in [-0.2, 0) is 17.6 Å². The normalized spacial score (nSPS) is 15.5. The maximum atomic E-state index is 11.8. The number of nitrogens with two attached hydrogens (primary N) is 1. The summed E-state index contributed by atoms with van der Waals surface area (Å²) in [5.74, 6) is -0.356. The molecule has 2 rings (SSSR count). The van der Waals surface area contributed by atoms with E-state index in [0.717, 1.165) is 18.5 Å². The van der Waals surface area contributed by atoms with Crippen LogP contribution in [0.4, 0.5) is 5.69 Å². The molecule has 4 nitrogen and oxygen atoms in total. The average molecular weight is 234 g/mol. The molecule has 0 fully saturated rings. The van der Waals surface area contributed by atoms with Gasteiger partial charge in [-0.2, -0.15) is 0 Å². The number of hydrogen-bond acceptors (Lipinski definition) is 3. The van der Waals surface area contributed by atoms with Crippen molar-refractivity contribution in [2.24, 2.45) is 5.73 Å². The Morgan fingerprint density at radius 1 is 1.47 bits per heavy atom. The molecule has 1 aromatic rings. The Hall–Kier alpha value is -1.39. The quantitative estimate of drug-likeness (QED) is 0.798. The van der Waals surface area contributed by atoms with Crippen molar-refractivity contribution in [1.29, 1.82) is 0 Å². The van der Waals surface area contributed by atoms with E-state index < -0.39 is 6.10 Å². The Kier molecular flexibility index (Phi) is 3.45. The Balaban J connectivity index is 2.20.